The van der Waals surface area contributed by atoms with Crippen molar-refractivity contribution >= 4 is 0 Å². The third kappa shape index (κ3) is 4.89. The van der Waals surface area contributed by atoms with Gasteiger partial charge in [-0.1, -0.05) is 68.3 Å². The Morgan fingerprint density at radius 1 is 1.39 bits per heavy atom. The van der Waals surface area contributed by atoms with E-state index in [1.807, 2.05) is 37.3 Å². The average molecular weight is 244 g/mol. The van der Waals surface area contributed by atoms with Crippen LogP contribution < -0.4 is 0 Å². The van der Waals surface area contributed by atoms with Crippen molar-refractivity contribution in [2.45, 2.75) is 45.6 Å². The molecule has 0 aromatic heterocycles. The second-order valence-electron chi connectivity index (χ2n) is 4.79. The van der Waals surface area contributed by atoms with Crippen LogP contribution in [0.3, 0.4) is 0 Å². The lowest BCUT2D eigenvalue weighted by Gasteiger charge is -2.11. The molecule has 0 saturated carbocycles. The average Bonchev–Trinajstić information content (AvgIpc) is 2.37. The standard InChI is InChI=1S/C17H24O/c1-4-5-6-7-8-11-15(3)17(18)16-12-9-10-14(2)13-16/h8-13,17-18H,3-7H2,1-2H3/b11-8-. The largest absolute Gasteiger partial charge is 0.384 e. The van der Waals surface area contributed by atoms with Gasteiger partial charge in [0.25, 0.3) is 0 Å². The van der Waals surface area contributed by atoms with E-state index in [0.717, 1.165) is 23.1 Å². The molecule has 1 rings (SSSR count). The molecular formula is C17H24O. The van der Waals surface area contributed by atoms with Crippen molar-refractivity contribution in [2.24, 2.45) is 0 Å². The quantitative estimate of drug-likeness (QED) is 0.543. The SMILES string of the molecule is C=C(/C=C\CCCCC)C(O)c1cccc(C)c1. The van der Waals surface area contributed by atoms with Crippen LogP contribution in [0, 0.1) is 6.92 Å². The lowest BCUT2D eigenvalue weighted by atomic mass is 10.0. The lowest BCUT2D eigenvalue weighted by molar-refractivity contribution is 0.220. The van der Waals surface area contributed by atoms with Crippen molar-refractivity contribution in [1.29, 1.82) is 0 Å². The van der Waals surface area contributed by atoms with E-state index in [-0.39, 0.29) is 0 Å². The minimum atomic E-state index is -0.590. The number of benzene rings is 1. The highest BCUT2D eigenvalue weighted by atomic mass is 16.3. The molecule has 0 bridgehead atoms. The summed E-state index contributed by atoms with van der Waals surface area (Å²) < 4.78 is 0. The minimum absolute atomic E-state index is 0.590. The van der Waals surface area contributed by atoms with Crippen molar-refractivity contribution in [2.75, 3.05) is 0 Å². The van der Waals surface area contributed by atoms with Crippen LogP contribution in [0.5, 0.6) is 0 Å². The maximum atomic E-state index is 10.2. The van der Waals surface area contributed by atoms with Crippen molar-refractivity contribution < 1.29 is 5.11 Å². The molecule has 98 valence electrons. The van der Waals surface area contributed by atoms with E-state index in [1.165, 1.54) is 19.3 Å². The van der Waals surface area contributed by atoms with Gasteiger partial charge in [-0.25, -0.2) is 0 Å². The highest BCUT2D eigenvalue weighted by Gasteiger charge is 2.08. The molecule has 1 aromatic carbocycles. The van der Waals surface area contributed by atoms with Crippen LogP contribution in [0.4, 0.5) is 0 Å². The summed E-state index contributed by atoms with van der Waals surface area (Å²) in [7, 11) is 0. The van der Waals surface area contributed by atoms with E-state index in [0.29, 0.717) is 0 Å². The molecule has 1 atom stereocenters. The minimum Gasteiger partial charge on any atom is -0.384 e. The fourth-order valence-electron chi connectivity index (χ4n) is 1.89. The molecule has 1 unspecified atom stereocenters. The first-order valence-corrected chi connectivity index (χ1v) is 6.75. The predicted octanol–water partition coefficient (Wildman–Crippen LogP) is 4.72. The number of unbranched alkanes of at least 4 members (excludes halogenated alkanes) is 3. The summed E-state index contributed by atoms with van der Waals surface area (Å²) in [4.78, 5) is 0. The molecule has 18 heavy (non-hydrogen) atoms. The number of allylic oxidation sites excluding steroid dienone is 1. The fraction of sp³-hybridized carbons (Fsp3) is 0.412. The first-order chi connectivity index (χ1) is 8.65. The van der Waals surface area contributed by atoms with Crippen LogP contribution in [0.15, 0.2) is 48.6 Å². The van der Waals surface area contributed by atoms with Gasteiger partial charge >= 0.3 is 0 Å². The Balaban J connectivity index is 2.51. The van der Waals surface area contributed by atoms with Gasteiger partial charge in [0, 0.05) is 0 Å². The molecular weight excluding hydrogens is 220 g/mol. The molecule has 0 spiro atoms. The number of rotatable bonds is 7. The maximum Gasteiger partial charge on any atom is 0.103 e. The molecule has 1 aromatic rings. The Morgan fingerprint density at radius 2 is 2.17 bits per heavy atom. The molecule has 0 aliphatic rings. The summed E-state index contributed by atoms with van der Waals surface area (Å²) in [6.45, 7) is 8.17. The number of aryl methyl sites for hydroxylation is 1. The second kappa shape index (κ2) is 7.88. The molecule has 0 aliphatic carbocycles. The van der Waals surface area contributed by atoms with Gasteiger partial charge in [-0.2, -0.15) is 0 Å². The van der Waals surface area contributed by atoms with E-state index >= 15 is 0 Å². The van der Waals surface area contributed by atoms with Gasteiger partial charge < -0.3 is 5.11 Å². The maximum absolute atomic E-state index is 10.2. The zero-order valence-corrected chi connectivity index (χ0v) is 11.5. The molecule has 0 heterocycles. The third-order valence-electron chi connectivity index (χ3n) is 3.02. The summed E-state index contributed by atoms with van der Waals surface area (Å²) in [5.41, 5.74) is 2.83. The topological polar surface area (TPSA) is 20.2 Å². The molecule has 1 nitrogen and oxygen atoms in total. The van der Waals surface area contributed by atoms with E-state index < -0.39 is 6.10 Å². The predicted molar refractivity (Wildman–Crippen MR) is 78.6 cm³/mol. The van der Waals surface area contributed by atoms with Crippen LogP contribution in [0.2, 0.25) is 0 Å². The Morgan fingerprint density at radius 3 is 2.83 bits per heavy atom. The molecule has 0 amide bonds. The number of hydrogen-bond donors (Lipinski definition) is 1. The van der Waals surface area contributed by atoms with Crippen LogP contribution in [-0.2, 0) is 0 Å². The molecule has 0 radical (unpaired) electrons. The highest BCUT2D eigenvalue weighted by Crippen LogP contribution is 2.22. The molecule has 1 N–H and O–H groups in total. The zero-order chi connectivity index (χ0) is 13.4. The van der Waals surface area contributed by atoms with Crippen LogP contribution in [0.1, 0.15) is 49.8 Å². The number of aliphatic hydroxyl groups is 1. The van der Waals surface area contributed by atoms with Gasteiger partial charge in [0.1, 0.15) is 6.10 Å². The van der Waals surface area contributed by atoms with Gasteiger partial charge in [0.2, 0.25) is 0 Å². The Bertz CT molecular complexity index is 404. The van der Waals surface area contributed by atoms with Gasteiger partial charge in [-0.3, -0.25) is 0 Å². The monoisotopic (exact) mass is 244 g/mol. The Labute approximate surface area is 111 Å². The Kier molecular flexibility index (Phi) is 6.45. The van der Waals surface area contributed by atoms with Crippen molar-refractivity contribution in [3.05, 3.63) is 59.7 Å². The first kappa shape index (κ1) is 14.7. The fourth-order valence-corrected chi connectivity index (χ4v) is 1.89. The summed E-state index contributed by atoms with van der Waals surface area (Å²) >= 11 is 0. The van der Waals surface area contributed by atoms with Gasteiger partial charge in [0.15, 0.2) is 0 Å². The summed E-state index contributed by atoms with van der Waals surface area (Å²) in [5.74, 6) is 0. The zero-order valence-electron chi connectivity index (χ0n) is 11.5. The highest BCUT2D eigenvalue weighted by molar-refractivity contribution is 5.32. The van der Waals surface area contributed by atoms with E-state index in [9.17, 15) is 5.11 Å². The molecule has 1 heteroatoms. The number of aliphatic hydroxyl groups excluding tert-OH is 1. The number of hydrogen-bond acceptors (Lipinski definition) is 1. The second-order valence-corrected chi connectivity index (χ2v) is 4.79. The van der Waals surface area contributed by atoms with Crippen molar-refractivity contribution in [3.63, 3.8) is 0 Å². The van der Waals surface area contributed by atoms with Gasteiger partial charge in [-0.15, -0.1) is 0 Å². The van der Waals surface area contributed by atoms with Crippen LogP contribution in [-0.4, -0.2) is 5.11 Å². The Hall–Kier alpha value is -1.34. The third-order valence-corrected chi connectivity index (χ3v) is 3.02. The molecule has 0 saturated heterocycles. The van der Waals surface area contributed by atoms with Crippen molar-refractivity contribution in [1.82, 2.24) is 0 Å². The van der Waals surface area contributed by atoms with Gasteiger partial charge in [0.05, 0.1) is 0 Å². The van der Waals surface area contributed by atoms with E-state index in [1.54, 1.807) is 0 Å². The van der Waals surface area contributed by atoms with Crippen LogP contribution in [0.25, 0.3) is 0 Å². The lowest BCUT2D eigenvalue weighted by Crippen LogP contribution is -1.98. The smallest absolute Gasteiger partial charge is 0.103 e. The van der Waals surface area contributed by atoms with Crippen LogP contribution >= 0.6 is 0 Å². The van der Waals surface area contributed by atoms with Crippen molar-refractivity contribution in [3.8, 4) is 0 Å². The van der Waals surface area contributed by atoms with Gasteiger partial charge in [-0.05, 0) is 30.9 Å². The summed E-state index contributed by atoms with van der Waals surface area (Å²) in [5, 5.41) is 10.2. The van der Waals surface area contributed by atoms with E-state index in [2.05, 4.69) is 19.6 Å². The first-order valence-electron chi connectivity index (χ1n) is 6.75. The summed E-state index contributed by atoms with van der Waals surface area (Å²) in [6.07, 6.45) is 8.23. The molecule has 0 fully saturated rings. The summed E-state index contributed by atoms with van der Waals surface area (Å²) in [6, 6.07) is 7.93. The normalized spacial score (nSPS) is 12.8. The molecule has 0 aliphatic heterocycles. The van der Waals surface area contributed by atoms with E-state index in [4.69, 9.17) is 0 Å².